The molecule has 0 radical (unpaired) electrons. The van der Waals surface area contributed by atoms with E-state index in [0.29, 0.717) is 0 Å². The molecule has 0 spiro atoms. The average molecular weight is 472 g/mol. The molecule has 0 fully saturated rings. The van der Waals surface area contributed by atoms with Crippen molar-refractivity contribution in [1.29, 1.82) is 0 Å². The SMILES string of the molecule is CCC(=O)O.CCC(=O)O.[CH2-]C.[CH2-]C.[Cl][Pt+2][Cl]. The Morgan fingerprint density at radius 3 is 1.00 bits per heavy atom. The minimum absolute atomic E-state index is 0.222. The maximum absolute atomic E-state index is 9.37. The molecule has 0 unspecified atom stereocenters. The van der Waals surface area contributed by atoms with Crippen LogP contribution in [-0.2, 0) is 26.1 Å². The first-order chi connectivity index (χ1) is 7.95. The molecule has 0 aromatic carbocycles. The van der Waals surface area contributed by atoms with Gasteiger partial charge in [-0.1, -0.05) is 13.8 Å². The molecular formula is C10H22Cl2O4Pt. The van der Waals surface area contributed by atoms with Crippen molar-refractivity contribution in [2.24, 2.45) is 0 Å². The molecule has 7 heteroatoms. The van der Waals surface area contributed by atoms with Crippen LogP contribution in [-0.4, -0.2) is 22.2 Å². The summed E-state index contributed by atoms with van der Waals surface area (Å²) in [5.74, 6) is -1.49. The van der Waals surface area contributed by atoms with E-state index in [-0.39, 0.29) is 12.8 Å². The van der Waals surface area contributed by atoms with Crippen LogP contribution in [0.3, 0.4) is 0 Å². The number of hydrogen-bond donors (Lipinski definition) is 2. The zero-order valence-corrected chi connectivity index (χ0v) is 14.4. The summed E-state index contributed by atoms with van der Waals surface area (Å²) in [5, 5.41) is 15.4. The van der Waals surface area contributed by atoms with Crippen LogP contribution < -0.4 is 0 Å². The summed E-state index contributed by atoms with van der Waals surface area (Å²) in [6.45, 7) is 13.2. The van der Waals surface area contributed by atoms with Crippen LogP contribution in [0.4, 0.5) is 0 Å². The minimum atomic E-state index is -0.745. The molecule has 4 nitrogen and oxygen atoms in total. The third-order valence-electron chi connectivity index (χ3n) is 0.605. The maximum atomic E-state index is 9.37. The Bertz CT molecular complexity index is 121. The molecule has 0 aliphatic heterocycles. The number of halogens is 2. The van der Waals surface area contributed by atoms with E-state index < -0.39 is 28.4 Å². The van der Waals surface area contributed by atoms with E-state index in [1.165, 1.54) is 0 Å². The van der Waals surface area contributed by atoms with Crippen molar-refractivity contribution in [1.82, 2.24) is 0 Å². The molecule has 0 rings (SSSR count). The van der Waals surface area contributed by atoms with E-state index in [9.17, 15) is 9.59 Å². The van der Waals surface area contributed by atoms with E-state index >= 15 is 0 Å². The van der Waals surface area contributed by atoms with Crippen LogP contribution in [0, 0.1) is 13.8 Å². The van der Waals surface area contributed by atoms with E-state index in [1.807, 2.05) is 0 Å². The second-order valence-corrected chi connectivity index (χ2v) is 4.82. The third kappa shape index (κ3) is 185. The van der Waals surface area contributed by atoms with Crippen molar-refractivity contribution in [2.45, 2.75) is 40.5 Å². The number of carboxylic acid groups (broad SMARTS) is 2. The van der Waals surface area contributed by atoms with Crippen LogP contribution in [0.2, 0.25) is 0 Å². The fraction of sp³-hybridized carbons (Fsp3) is 0.600. The molecule has 0 aliphatic rings. The first-order valence-corrected chi connectivity index (χ1v) is 10.3. The van der Waals surface area contributed by atoms with Gasteiger partial charge in [-0.25, -0.2) is 0 Å². The van der Waals surface area contributed by atoms with E-state index in [0.717, 1.165) is 0 Å². The Kier molecular flexibility index (Phi) is 78.9. The fourth-order valence-corrected chi connectivity index (χ4v) is 0. The molecule has 0 heterocycles. The van der Waals surface area contributed by atoms with Gasteiger partial charge < -0.3 is 24.1 Å². The van der Waals surface area contributed by atoms with E-state index in [4.69, 9.17) is 29.0 Å². The second kappa shape index (κ2) is 44.2. The van der Waals surface area contributed by atoms with Crippen molar-refractivity contribution in [2.75, 3.05) is 0 Å². The molecule has 0 amide bonds. The van der Waals surface area contributed by atoms with Crippen LogP contribution in [0.15, 0.2) is 0 Å². The number of aliphatic carboxylic acids is 2. The van der Waals surface area contributed by atoms with Gasteiger partial charge in [-0.2, -0.15) is 13.8 Å². The van der Waals surface area contributed by atoms with E-state index in [2.05, 4.69) is 13.8 Å². The predicted molar refractivity (Wildman–Crippen MR) is 69.6 cm³/mol. The first-order valence-electron chi connectivity index (χ1n) is 4.63. The summed E-state index contributed by atoms with van der Waals surface area (Å²) >= 11 is -0.472. The summed E-state index contributed by atoms with van der Waals surface area (Å²) in [5.41, 5.74) is 0. The Hall–Kier alpha value is 0.208. The predicted octanol–water partition coefficient (Wildman–Crippen LogP) is 4.02. The zero-order valence-electron chi connectivity index (χ0n) is 10.6. The third-order valence-corrected chi connectivity index (χ3v) is 0.605. The van der Waals surface area contributed by atoms with Gasteiger partial charge in [-0.3, -0.25) is 9.59 Å². The van der Waals surface area contributed by atoms with Crippen LogP contribution in [0.1, 0.15) is 40.5 Å². The molecule has 0 bridgehead atoms. The number of carboxylic acids is 2. The van der Waals surface area contributed by atoms with Gasteiger partial charge in [0.25, 0.3) is 0 Å². The normalized spacial score (nSPS) is 6.35. The van der Waals surface area contributed by atoms with Gasteiger partial charge >= 0.3 is 47.3 Å². The number of hydrogen-bond acceptors (Lipinski definition) is 2. The van der Waals surface area contributed by atoms with Gasteiger partial charge in [0, 0.05) is 12.8 Å². The molecular weight excluding hydrogens is 450 g/mol. The van der Waals surface area contributed by atoms with Crippen molar-refractivity contribution >= 4 is 30.8 Å². The van der Waals surface area contributed by atoms with E-state index in [1.54, 1.807) is 27.7 Å². The Morgan fingerprint density at radius 2 is 1.00 bits per heavy atom. The van der Waals surface area contributed by atoms with Crippen molar-refractivity contribution in [3.63, 3.8) is 0 Å². The Balaban J connectivity index is -0.0000000377. The van der Waals surface area contributed by atoms with Crippen LogP contribution >= 0.6 is 18.8 Å². The molecule has 0 aromatic rings. The van der Waals surface area contributed by atoms with Gasteiger partial charge in [-0.15, -0.1) is 0 Å². The topological polar surface area (TPSA) is 74.6 Å². The molecule has 0 aromatic heterocycles. The summed E-state index contributed by atoms with van der Waals surface area (Å²) in [4.78, 5) is 18.7. The number of rotatable bonds is 2. The summed E-state index contributed by atoms with van der Waals surface area (Å²) < 4.78 is 0. The van der Waals surface area contributed by atoms with Gasteiger partial charge in [-0.05, 0) is 0 Å². The number of carbonyl (C=O) groups is 2. The molecule has 2 N–H and O–H groups in total. The van der Waals surface area contributed by atoms with Gasteiger partial charge in [0.05, 0.1) is 0 Å². The molecule has 0 saturated carbocycles. The van der Waals surface area contributed by atoms with Gasteiger partial charge in [0.2, 0.25) is 0 Å². The fourth-order valence-electron chi connectivity index (χ4n) is 0. The second-order valence-electron chi connectivity index (χ2n) is 1.54. The molecule has 110 valence electrons. The summed E-state index contributed by atoms with van der Waals surface area (Å²) in [6.07, 6.45) is 0.444. The molecule has 17 heavy (non-hydrogen) atoms. The summed E-state index contributed by atoms with van der Waals surface area (Å²) in [7, 11) is 9.75. The molecule has 0 saturated heterocycles. The molecule has 0 atom stereocenters. The molecule has 0 aliphatic carbocycles. The summed E-state index contributed by atoms with van der Waals surface area (Å²) in [6, 6.07) is 0. The van der Waals surface area contributed by atoms with Gasteiger partial charge in [0.15, 0.2) is 0 Å². The Morgan fingerprint density at radius 1 is 0.941 bits per heavy atom. The standard InChI is InChI=1S/2C3H6O2.2C2H5.2ClH.Pt/c2*1-2-3(4)5;2*1-2;;;/h2*2H2,1H3,(H,4,5);2*1H2,2H3;2*1H;/q;;2*-1;;;+4/p-2. The van der Waals surface area contributed by atoms with Crippen LogP contribution in [0.5, 0.6) is 0 Å². The average Bonchev–Trinajstić information content (AvgIpc) is 2.35. The zero-order chi connectivity index (χ0) is 15.3. The monoisotopic (exact) mass is 471 g/mol. The van der Waals surface area contributed by atoms with Crippen molar-refractivity contribution < 1.29 is 36.3 Å². The van der Waals surface area contributed by atoms with Gasteiger partial charge in [0.1, 0.15) is 0 Å². The van der Waals surface area contributed by atoms with Crippen molar-refractivity contribution in [3.05, 3.63) is 13.8 Å². The first kappa shape index (κ1) is 30.3. The quantitative estimate of drug-likeness (QED) is 0.596. The van der Waals surface area contributed by atoms with Crippen molar-refractivity contribution in [3.8, 4) is 0 Å². The van der Waals surface area contributed by atoms with Crippen LogP contribution in [0.25, 0.3) is 0 Å². The Labute approximate surface area is 121 Å².